The van der Waals surface area contributed by atoms with Gasteiger partial charge in [-0.15, -0.1) is 11.3 Å². The van der Waals surface area contributed by atoms with Crippen molar-refractivity contribution in [3.63, 3.8) is 0 Å². The van der Waals surface area contributed by atoms with E-state index in [2.05, 4.69) is 37.5 Å². The summed E-state index contributed by atoms with van der Waals surface area (Å²) in [6.07, 6.45) is 5.78. The number of aromatic nitrogens is 3. The normalized spacial score (nSPS) is 15.4. The lowest BCUT2D eigenvalue weighted by molar-refractivity contribution is 0.222. The lowest BCUT2D eigenvalue weighted by Gasteiger charge is -2.25. The third-order valence-electron chi connectivity index (χ3n) is 4.48. The molecule has 0 aromatic carbocycles. The minimum atomic E-state index is 0.530. The van der Waals surface area contributed by atoms with Crippen molar-refractivity contribution >= 4 is 11.3 Å². The van der Waals surface area contributed by atoms with Crippen LogP contribution in [0.1, 0.15) is 34.9 Å². The third-order valence-corrected chi connectivity index (χ3v) is 5.55. The third kappa shape index (κ3) is 4.55. The second-order valence-corrected chi connectivity index (χ2v) is 7.79. The Morgan fingerprint density at radius 1 is 1.04 bits per heavy atom. The van der Waals surface area contributed by atoms with Gasteiger partial charge < -0.3 is 9.84 Å². The molecule has 0 bridgehead atoms. The quantitative estimate of drug-likeness (QED) is 0.688. The molecule has 0 unspecified atom stereocenters. The fourth-order valence-corrected chi connectivity index (χ4v) is 4.19. The zero-order valence-corrected chi connectivity index (χ0v) is 15.5. The molecule has 3 aromatic rings. The lowest BCUT2D eigenvalue weighted by atomic mass is 10.1. The van der Waals surface area contributed by atoms with Crippen LogP contribution in [0.3, 0.4) is 0 Å². The number of hydrogen-bond donors (Lipinski definition) is 1. The molecular formula is C19H23N5OS. The summed E-state index contributed by atoms with van der Waals surface area (Å²) in [4.78, 5) is 14.0. The maximum atomic E-state index is 5.30. The molecule has 1 saturated heterocycles. The summed E-state index contributed by atoms with van der Waals surface area (Å²) in [6.45, 7) is 4.93. The van der Waals surface area contributed by atoms with Gasteiger partial charge in [0.2, 0.25) is 11.7 Å². The van der Waals surface area contributed by atoms with E-state index in [0.717, 1.165) is 18.8 Å². The Labute approximate surface area is 157 Å². The van der Waals surface area contributed by atoms with Gasteiger partial charge in [-0.25, -0.2) is 0 Å². The molecule has 0 radical (unpaired) electrons. The maximum Gasteiger partial charge on any atom is 0.240 e. The molecule has 0 atom stereocenters. The van der Waals surface area contributed by atoms with E-state index in [0.29, 0.717) is 18.3 Å². The molecule has 1 N–H and O–H groups in total. The monoisotopic (exact) mass is 369 g/mol. The molecule has 26 heavy (non-hydrogen) atoms. The molecule has 7 heteroatoms. The number of likely N-dealkylation sites (tertiary alicyclic amines) is 1. The molecule has 0 spiro atoms. The van der Waals surface area contributed by atoms with Gasteiger partial charge in [-0.2, -0.15) is 4.98 Å². The first kappa shape index (κ1) is 17.3. The zero-order valence-electron chi connectivity index (χ0n) is 14.7. The molecule has 0 amide bonds. The standard InChI is InChI=1S/C19H23N5OS/c1-4-10-24(11-5-1)14-16-8-7-15(26-16)12-20-13-18-22-19(23-25-18)17-6-2-3-9-21-17/h2-3,6-9,20H,1,4-5,10-14H2. The molecule has 0 saturated carbocycles. The Morgan fingerprint density at radius 2 is 1.92 bits per heavy atom. The van der Waals surface area contributed by atoms with Gasteiger partial charge in [0.05, 0.1) is 6.54 Å². The van der Waals surface area contributed by atoms with Crippen LogP contribution in [0.2, 0.25) is 0 Å². The summed E-state index contributed by atoms with van der Waals surface area (Å²) in [6, 6.07) is 10.1. The number of nitrogens with one attached hydrogen (secondary N) is 1. The molecule has 1 fully saturated rings. The van der Waals surface area contributed by atoms with E-state index in [1.165, 1.54) is 42.1 Å². The second-order valence-electron chi connectivity index (χ2n) is 6.54. The predicted octanol–water partition coefficient (Wildman–Crippen LogP) is 3.47. The van der Waals surface area contributed by atoms with Crippen LogP contribution in [0, 0.1) is 0 Å². The van der Waals surface area contributed by atoms with Crippen molar-refractivity contribution in [2.24, 2.45) is 0 Å². The van der Waals surface area contributed by atoms with E-state index in [9.17, 15) is 0 Å². The number of hydrogen-bond acceptors (Lipinski definition) is 7. The van der Waals surface area contributed by atoms with Crippen molar-refractivity contribution in [2.75, 3.05) is 13.1 Å². The van der Waals surface area contributed by atoms with Crippen LogP contribution >= 0.6 is 11.3 Å². The van der Waals surface area contributed by atoms with Crippen LogP contribution < -0.4 is 5.32 Å². The average molecular weight is 369 g/mol. The van der Waals surface area contributed by atoms with E-state index in [1.54, 1.807) is 6.20 Å². The Balaban J connectivity index is 1.25. The second kappa shape index (κ2) is 8.53. The highest BCUT2D eigenvalue weighted by molar-refractivity contribution is 7.11. The number of piperidine rings is 1. The highest BCUT2D eigenvalue weighted by Gasteiger charge is 2.12. The van der Waals surface area contributed by atoms with Crippen LogP contribution in [0.15, 0.2) is 41.1 Å². The summed E-state index contributed by atoms with van der Waals surface area (Å²) < 4.78 is 5.30. The summed E-state index contributed by atoms with van der Waals surface area (Å²) in [7, 11) is 0. The molecule has 6 nitrogen and oxygen atoms in total. The van der Waals surface area contributed by atoms with Crippen molar-refractivity contribution in [1.82, 2.24) is 25.3 Å². The molecule has 0 aliphatic carbocycles. The highest BCUT2D eigenvalue weighted by Crippen LogP contribution is 2.20. The fourth-order valence-electron chi connectivity index (χ4n) is 3.16. The molecule has 4 heterocycles. The Morgan fingerprint density at radius 3 is 2.77 bits per heavy atom. The topological polar surface area (TPSA) is 67.1 Å². The first-order valence-electron chi connectivity index (χ1n) is 9.11. The smallest absolute Gasteiger partial charge is 0.240 e. The summed E-state index contributed by atoms with van der Waals surface area (Å²) in [5.41, 5.74) is 0.725. The van der Waals surface area contributed by atoms with Crippen molar-refractivity contribution in [3.05, 3.63) is 52.2 Å². The Hall–Kier alpha value is -2.09. The van der Waals surface area contributed by atoms with Gasteiger partial charge in [0, 0.05) is 29.0 Å². The van der Waals surface area contributed by atoms with E-state index in [1.807, 2.05) is 29.5 Å². The minimum absolute atomic E-state index is 0.530. The molecule has 1 aliphatic rings. The summed E-state index contributed by atoms with van der Waals surface area (Å²) in [5.74, 6) is 1.11. The predicted molar refractivity (Wildman–Crippen MR) is 102 cm³/mol. The van der Waals surface area contributed by atoms with Gasteiger partial charge in [0.15, 0.2) is 0 Å². The Bertz CT molecular complexity index is 810. The van der Waals surface area contributed by atoms with Gasteiger partial charge in [0.1, 0.15) is 5.69 Å². The first-order chi connectivity index (χ1) is 12.9. The van der Waals surface area contributed by atoms with E-state index >= 15 is 0 Å². The van der Waals surface area contributed by atoms with E-state index in [-0.39, 0.29) is 0 Å². The van der Waals surface area contributed by atoms with Crippen LogP contribution in [-0.4, -0.2) is 33.1 Å². The number of rotatable bonds is 7. The summed E-state index contributed by atoms with van der Waals surface area (Å²) >= 11 is 1.88. The lowest BCUT2D eigenvalue weighted by Crippen LogP contribution is -2.28. The van der Waals surface area contributed by atoms with E-state index < -0.39 is 0 Å². The minimum Gasteiger partial charge on any atom is -0.337 e. The molecule has 3 aromatic heterocycles. The van der Waals surface area contributed by atoms with Gasteiger partial charge in [-0.3, -0.25) is 9.88 Å². The Kier molecular flexibility index (Phi) is 5.68. The van der Waals surface area contributed by atoms with Crippen molar-refractivity contribution in [3.8, 4) is 11.5 Å². The largest absolute Gasteiger partial charge is 0.337 e. The van der Waals surface area contributed by atoms with Crippen LogP contribution in [0.4, 0.5) is 0 Å². The zero-order chi connectivity index (χ0) is 17.6. The van der Waals surface area contributed by atoms with Crippen LogP contribution in [-0.2, 0) is 19.6 Å². The highest BCUT2D eigenvalue weighted by atomic mass is 32.1. The van der Waals surface area contributed by atoms with Gasteiger partial charge in [0.25, 0.3) is 0 Å². The van der Waals surface area contributed by atoms with Crippen molar-refractivity contribution in [1.29, 1.82) is 0 Å². The maximum absolute atomic E-state index is 5.30. The molecular weight excluding hydrogens is 346 g/mol. The number of thiophene rings is 1. The van der Waals surface area contributed by atoms with Gasteiger partial charge in [-0.1, -0.05) is 17.6 Å². The van der Waals surface area contributed by atoms with Gasteiger partial charge in [-0.05, 0) is 50.2 Å². The molecule has 136 valence electrons. The van der Waals surface area contributed by atoms with Crippen molar-refractivity contribution in [2.45, 2.75) is 38.9 Å². The SMILES string of the molecule is c1ccc(-c2noc(CNCc3ccc(CN4CCCCC4)s3)n2)nc1. The van der Waals surface area contributed by atoms with Crippen LogP contribution in [0.25, 0.3) is 11.5 Å². The molecule has 4 rings (SSSR count). The van der Waals surface area contributed by atoms with E-state index in [4.69, 9.17) is 4.52 Å². The van der Waals surface area contributed by atoms with Crippen molar-refractivity contribution < 1.29 is 4.52 Å². The first-order valence-corrected chi connectivity index (χ1v) is 9.93. The van der Waals surface area contributed by atoms with Crippen LogP contribution in [0.5, 0.6) is 0 Å². The average Bonchev–Trinajstić information content (AvgIpc) is 3.33. The number of nitrogens with zero attached hydrogens (tertiary/aromatic N) is 4. The van der Waals surface area contributed by atoms with Gasteiger partial charge >= 0.3 is 0 Å². The molecule has 1 aliphatic heterocycles. The summed E-state index contributed by atoms with van der Waals surface area (Å²) in [5, 5.41) is 7.37. The number of pyridine rings is 1. The fraction of sp³-hybridized carbons (Fsp3) is 0.421.